The lowest BCUT2D eigenvalue weighted by atomic mass is 10.1. The summed E-state index contributed by atoms with van der Waals surface area (Å²) in [5.41, 5.74) is 0.00694. The molecule has 16 heavy (non-hydrogen) atoms. The number of benzene rings is 1. The Hall–Kier alpha value is -2.43. The first-order valence-corrected chi connectivity index (χ1v) is 4.51. The Kier molecular flexibility index (Phi) is 1.54. The van der Waals surface area contributed by atoms with Gasteiger partial charge in [-0.05, 0) is 11.5 Å². The minimum absolute atomic E-state index is 0.161. The van der Waals surface area contributed by atoms with Gasteiger partial charge in [0, 0.05) is 29.2 Å². The topological polar surface area (TPSA) is 86.6 Å². The summed E-state index contributed by atoms with van der Waals surface area (Å²) < 4.78 is 9.87. The summed E-state index contributed by atoms with van der Waals surface area (Å²) in [5, 5.41) is 21.5. The van der Waals surface area contributed by atoms with E-state index in [4.69, 9.17) is 8.83 Å². The second-order valence-corrected chi connectivity index (χ2v) is 3.40. The summed E-state index contributed by atoms with van der Waals surface area (Å²) in [5.74, 6) is -0.935. The summed E-state index contributed by atoms with van der Waals surface area (Å²) >= 11 is 0. The van der Waals surface area contributed by atoms with Crippen LogP contribution in [0.1, 0.15) is 0 Å². The Balaban J connectivity index is 2.69. The molecule has 0 aliphatic heterocycles. The first kappa shape index (κ1) is 8.84. The third kappa shape index (κ3) is 1.15. The van der Waals surface area contributed by atoms with Crippen molar-refractivity contribution < 1.29 is 19.0 Å². The minimum atomic E-state index is -0.579. The van der Waals surface area contributed by atoms with E-state index < -0.39 is 5.95 Å². The molecule has 0 aliphatic carbocycles. The Morgan fingerprint density at radius 3 is 2.50 bits per heavy atom. The lowest BCUT2D eigenvalue weighted by Gasteiger charge is -2.10. The van der Waals surface area contributed by atoms with Crippen molar-refractivity contribution in [3.8, 4) is 11.9 Å². The van der Waals surface area contributed by atoms with E-state index in [1.54, 1.807) is 0 Å². The predicted molar refractivity (Wildman–Crippen MR) is 53.4 cm³/mol. The van der Waals surface area contributed by atoms with Gasteiger partial charge in [-0.15, -0.1) is 0 Å². The number of aromatic hydroxyl groups is 1. The van der Waals surface area contributed by atoms with E-state index in [0.717, 1.165) is 0 Å². The first-order chi connectivity index (χ1) is 7.63. The van der Waals surface area contributed by atoms with Crippen LogP contribution in [0.2, 0.25) is 0 Å². The van der Waals surface area contributed by atoms with Gasteiger partial charge in [0.1, 0.15) is 5.58 Å². The molecule has 0 unspecified atom stereocenters. The van der Waals surface area contributed by atoms with E-state index in [1.165, 1.54) is 24.3 Å². The molecular formula is C11H5O5-. The number of hydrogen-bond acceptors (Lipinski definition) is 5. The van der Waals surface area contributed by atoms with Gasteiger partial charge in [-0.1, -0.05) is 0 Å². The first-order valence-electron chi connectivity index (χ1n) is 4.51. The standard InChI is InChI=1S/C11H6O5/c12-6-3-7-11-5(1-9(13)15-7)2-10(14)16-8(11)4-6/h1-4,13-14H/p-1. The van der Waals surface area contributed by atoms with Crippen molar-refractivity contribution in [1.29, 1.82) is 0 Å². The smallest absolute Gasteiger partial charge is 0.282 e. The van der Waals surface area contributed by atoms with Crippen LogP contribution in [-0.2, 0) is 0 Å². The highest BCUT2D eigenvalue weighted by Crippen LogP contribution is 2.31. The van der Waals surface area contributed by atoms with Crippen LogP contribution < -0.4 is 10.5 Å². The van der Waals surface area contributed by atoms with E-state index in [0.29, 0.717) is 10.8 Å². The molecule has 0 fully saturated rings. The zero-order chi connectivity index (χ0) is 11.3. The lowest BCUT2D eigenvalue weighted by Crippen LogP contribution is -1.98. The van der Waals surface area contributed by atoms with Crippen LogP contribution in [-0.4, -0.2) is 5.11 Å². The van der Waals surface area contributed by atoms with Gasteiger partial charge in [-0.3, -0.25) is 4.79 Å². The zero-order valence-corrected chi connectivity index (χ0v) is 7.89. The van der Waals surface area contributed by atoms with Gasteiger partial charge in [0.2, 0.25) is 0 Å². The monoisotopic (exact) mass is 217 g/mol. The van der Waals surface area contributed by atoms with Crippen LogP contribution in [0.3, 0.4) is 0 Å². The quantitative estimate of drug-likeness (QED) is 0.613. The molecule has 0 spiro atoms. The van der Waals surface area contributed by atoms with Gasteiger partial charge in [0.05, 0.1) is 5.95 Å². The molecule has 1 N–H and O–H groups in total. The largest absolute Gasteiger partial charge is 0.579 e. The second kappa shape index (κ2) is 2.79. The fourth-order valence-electron chi connectivity index (χ4n) is 1.74. The maximum atomic E-state index is 11.3. The third-order valence-corrected chi connectivity index (χ3v) is 2.31. The summed E-state index contributed by atoms with van der Waals surface area (Å²) in [4.78, 5) is 11.3. The normalized spacial score (nSPS) is 11.2. The van der Waals surface area contributed by atoms with Crippen LogP contribution in [0.25, 0.3) is 21.9 Å². The highest BCUT2D eigenvalue weighted by molar-refractivity contribution is 6.05. The molecule has 2 heterocycles. The zero-order valence-electron chi connectivity index (χ0n) is 7.89. The Morgan fingerprint density at radius 1 is 1.06 bits per heavy atom. The molecule has 5 heteroatoms. The van der Waals surface area contributed by atoms with Gasteiger partial charge in [0.15, 0.2) is 5.43 Å². The summed E-state index contributed by atoms with van der Waals surface area (Å²) in [6.45, 7) is 0. The molecule has 0 saturated heterocycles. The molecular weight excluding hydrogens is 212 g/mol. The molecule has 0 amide bonds. The van der Waals surface area contributed by atoms with Crippen LogP contribution in [0.4, 0.5) is 0 Å². The molecule has 3 rings (SSSR count). The fraction of sp³-hybridized carbons (Fsp3) is 0. The van der Waals surface area contributed by atoms with Crippen molar-refractivity contribution >= 4 is 21.9 Å². The van der Waals surface area contributed by atoms with Crippen molar-refractivity contribution in [2.45, 2.75) is 0 Å². The van der Waals surface area contributed by atoms with Crippen molar-refractivity contribution in [1.82, 2.24) is 0 Å². The van der Waals surface area contributed by atoms with Crippen molar-refractivity contribution in [2.24, 2.45) is 0 Å². The molecule has 2 aromatic heterocycles. The molecule has 80 valence electrons. The average Bonchev–Trinajstić information content (AvgIpc) is 2.14. The van der Waals surface area contributed by atoms with Gasteiger partial charge >= 0.3 is 0 Å². The number of hydrogen-bond donors (Lipinski definition) is 1. The van der Waals surface area contributed by atoms with Crippen molar-refractivity contribution in [2.75, 3.05) is 0 Å². The Morgan fingerprint density at radius 2 is 1.75 bits per heavy atom. The highest BCUT2D eigenvalue weighted by atomic mass is 16.5. The Labute approximate surface area is 88.1 Å². The molecule has 5 nitrogen and oxygen atoms in total. The molecule has 3 aromatic rings. The second-order valence-electron chi connectivity index (χ2n) is 3.40. The van der Waals surface area contributed by atoms with Crippen LogP contribution in [0.15, 0.2) is 37.9 Å². The van der Waals surface area contributed by atoms with Crippen molar-refractivity contribution in [3.05, 3.63) is 34.5 Å². The van der Waals surface area contributed by atoms with Gasteiger partial charge < -0.3 is 19.0 Å². The predicted octanol–water partition coefficient (Wildman–Crippen LogP) is 1.32. The van der Waals surface area contributed by atoms with Crippen molar-refractivity contribution in [3.63, 3.8) is 0 Å². The summed E-state index contributed by atoms with van der Waals surface area (Å²) in [6.07, 6.45) is 0. The molecule has 0 radical (unpaired) electrons. The lowest BCUT2D eigenvalue weighted by molar-refractivity contribution is -0.293. The summed E-state index contributed by atoms with van der Waals surface area (Å²) in [6, 6.07) is 4.98. The van der Waals surface area contributed by atoms with Gasteiger partial charge in [-0.2, -0.15) is 0 Å². The van der Waals surface area contributed by atoms with Crippen LogP contribution >= 0.6 is 0 Å². The SMILES string of the molecule is O=c1cc2oc([O-])cc3cc(O)oc(c1)c32. The molecule has 0 saturated carbocycles. The summed E-state index contributed by atoms with van der Waals surface area (Å²) in [7, 11) is 0. The van der Waals surface area contributed by atoms with Gasteiger partial charge in [0.25, 0.3) is 5.95 Å². The highest BCUT2D eigenvalue weighted by Gasteiger charge is 2.07. The number of rotatable bonds is 0. The van der Waals surface area contributed by atoms with Crippen LogP contribution in [0.5, 0.6) is 11.9 Å². The van der Waals surface area contributed by atoms with Crippen LogP contribution in [0, 0.1) is 0 Å². The maximum Gasteiger partial charge on any atom is 0.282 e. The molecule has 1 aromatic carbocycles. The molecule has 0 bridgehead atoms. The van der Waals surface area contributed by atoms with Gasteiger partial charge in [-0.25, -0.2) is 0 Å². The van der Waals surface area contributed by atoms with E-state index in [1.807, 2.05) is 0 Å². The maximum absolute atomic E-state index is 11.3. The third-order valence-electron chi connectivity index (χ3n) is 2.31. The fourth-order valence-corrected chi connectivity index (χ4v) is 1.74. The Bertz CT molecular complexity index is 692. The molecule has 0 aliphatic rings. The minimum Gasteiger partial charge on any atom is -0.579 e. The average molecular weight is 217 g/mol. The van der Waals surface area contributed by atoms with E-state index in [9.17, 15) is 15.0 Å². The van der Waals surface area contributed by atoms with E-state index >= 15 is 0 Å². The van der Waals surface area contributed by atoms with E-state index in [2.05, 4.69) is 0 Å². The van der Waals surface area contributed by atoms with E-state index in [-0.39, 0.29) is 22.5 Å². The molecule has 0 atom stereocenters.